The van der Waals surface area contributed by atoms with Gasteiger partial charge in [-0.2, -0.15) is 0 Å². The second-order valence-electron chi connectivity index (χ2n) is 10.6. The molecule has 7 heteroatoms. The zero-order valence-corrected chi connectivity index (χ0v) is 20.9. The van der Waals surface area contributed by atoms with Gasteiger partial charge in [-0.15, -0.1) is 0 Å². The molecule has 2 aliphatic heterocycles. The lowest BCUT2D eigenvalue weighted by atomic mass is 9.91. The smallest absolute Gasteiger partial charge is 0.410 e. The number of nitrogens with zero attached hydrogens (tertiary/aromatic N) is 2. The van der Waals surface area contributed by atoms with Gasteiger partial charge >= 0.3 is 6.09 Å². The number of rotatable bonds is 6. The van der Waals surface area contributed by atoms with Crippen LogP contribution in [0.25, 0.3) is 0 Å². The molecule has 2 aliphatic rings. The molecule has 1 N–H and O–H groups in total. The van der Waals surface area contributed by atoms with Gasteiger partial charge in [-0.05, 0) is 58.9 Å². The van der Waals surface area contributed by atoms with Crippen LogP contribution in [0.2, 0.25) is 0 Å². The molecule has 2 fully saturated rings. The van der Waals surface area contributed by atoms with Gasteiger partial charge < -0.3 is 24.6 Å². The van der Waals surface area contributed by atoms with Crippen molar-refractivity contribution in [1.29, 1.82) is 0 Å². The predicted octanol–water partition coefficient (Wildman–Crippen LogP) is 4.13. The highest BCUT2D eigenvalue weighted by Crippen LogP contribution is 2.30. The molecular formula is C26H41N3O4. The summed E-state index contributed by atoms with van der Waals surface area (Å²) in [6.45, 7) is 12.9. The van der Waals surface area contributed by atoms with Crippen molar-refractivity contribution in [2.45, 2.75) is 83.5 Å². The third kappa shape index (κ3) is 7.18. The van der Waals surface area contributed by atoms with E-state index in [9.17, 15) is 9.59 Å². The SMILES string of the molecule is CC(=O)N(C1CCN(C(=O)OC(C)(C)C)CC1)C(CNC1(C)CCOCC1)c1ccccc1. The van der Waals surface area contributed by atoms with Crippen LogP contribution in [-0.4, -0.2) is 71.8 Å². The highest BCUT2D eigenvalue weighted by molar-refractivity contribution is 5.74. The van der Waals surface area contributed by atoms with Crippen molar-refractivity contribution in [2.75, 3.05) is 32.8 Å². The van der Waals surface area contributed by atoms with Crippen molar-refractivity contribution >= 4 is 12.0 Å². The minimum absolute atomic E-state index is 0.00776. The molecule has 2 amide bonds. The molecule has 1 aromatic carbocycles. The summed E-state index contributed by atoms with van der Waals surface area (Å²) >= 11 is 0. The van der Waals surface area contributed by atoms with E-state index < -0.39 is 5.60 Å². The first-order valence-electron chi connectivity index (χ1n) is 12.2. The third-order valence-electron chi connectivity index (χ3n) is 6.71. The van der Waals surface area contributed by atoms with Crippen LogP contribution in [0.1, 0.15) is 71.9 Å². The fourth-order valence-electron chi connectivity index (χ4n) is 4.78. The van der Waals surface area contributed by atoms with Gasteiger partial charge in [0.25, 0.3) is 0 Å². The number of amides is 2. The minimum atomic E-state index is -0.510. The second-order valence-corrected chi connectivity index (χ2v) is 10.6. The number of likely N-dealkylation sites (tertiary alicyclic amines) is 1. The van der Waals surface area contributed by atoms with E-state index >= 15 is 0 Å². The maximum Gasteiger partial charge on any atom is 0.410 e. The van der Waals surface area contributed by atoms with Gasteiger partial charge in [-0.1, -0.05) is 30.3 Å². The molecule has 1 unspecified atom stereocenters. The number of carbonyl (C=O) groups is 2. The summed E-state index contributed by atoms with van der Waals surface area (Å²) in [7, 11) is 0. The molecule has 2 heterocycles. The summed E-state index contributed by atoms with van der Waals surface area (Å²) < 4.78 is 11.1. The van der Waals surface area contributed by atoms with Crippen molar-refractivity contribution in [3.05, 3.63) is 35.9 Å². The molecule has 0 saturated carbocycles. The van der Waals surface area contributed by atoms with E-state index in [0.717, 1.165) is 44.5 Å². The average molecular weight is 460 g/mol. The Hall–Kier alpha value is -2.12. The Bertz CT molecular complexity index is 778. The maximum absolute atomic E-state index is 13.0. The van der Waals surface area contributed by atoms with Gasteiger partial charge in [0.1, 0.15) is 5.60 Å². The number of benzene rings is 1. The Labute approximate surface area is 198 Å². The third-order valence-corrected chi connectivity index (χ3v) is 6.71. The van der Waals surface area contributed by atoms with E-state index in [-0.39, 0.29) is 29.6 Å². The Morgan fingerprint density at radius 2 is 1.79 bits per heavy atom. The normalized spacial score (nSPS) is 20.2. The standard InChI is InChI=1S/C26H41N3O4/c1-20(30)29(22-11-15-28(16-12-22)24(31)33-25(2,3)4)23(21-9-7-6-8-10-21)19-27-26(5)13-17-32-18-14-26/h6-10,22-23,27H,11-19H2,1-5H3. The number of hydrogen-bond acceptors (Lipinski definition) is 5. The Morgan fingerprint density at radius 3 is 2.33 bits per heavy atom. The van der Waals surface area contributed by atoms with Crippen LogP contribution in [0, 0.1) is 0 Å². The van der Waals surface area contributed by atoms with Crippen LogP contribution < -0.4 is 5.32 Å². The van der Waals surface area contributed by atoms with Gasteiger partial charge in [0.05, 0.1) is 6.04 Å². The molecule has 1 atom stereocenters. The van der Waals surface area contributed by atoms with Crippen molar-refractivity contribution in [1.82, 2.24) is 15.1 Å². The molecule has 1 aromatic rings. The van der Waals surface area contributed by atoms with E-state index in [0.29, 0.717) is 19.6 Å². The second kappa shape index (κ2) is 10.9. The van der Waals surface area contributed by atoms with Gasteiger partial charge in [0.2, 0.25) is 5.91 Å². The number of nitrogens with one attached hydrogen (secondary N) is 1. The lowest BCUT2D eigenvalue weighted by molar-refractivity contribution is -0.135. The Morgan fingerprint density at radius 1 is 1.18 bits per heavy atom. The molecule has 184 valence electrons. The minimum Gasteiger partial charge on any atom is -0.444 e. The van der Waals surface area contributed by atoms with Gasteiger partial charge in [0.15, 0.2) is 0 Å². The van der Waals surface area contributed by atoms with E-state index in [1.54, 1.807) is 11.8 Å². The molecule has 0 spiro atoms. The van der Waals surface area contributed by atoms with E-state index in [2.05, 4.69) is 24.4 Å². The summed E-state index contributed by atoms with van der Waals surface area (Å²) in [5.41, 5.74) is 0.628. The molecule has 2 saturated heterocycles. The van der Waals surface area contributed by atoms with E-state index in [1.807, 2.05) is 43.9 Å². The predicted molar refractivity (Wildman–Crippen MR) is 129 cm³/mol. The van der Waals surface area contributed by atoms with Crippen LogP contribution in [0.5, 0.6) is 0 Å². The number of carbonyl (C=O) groups excluding carboxylic acids is 2. The molecule has 3 rings (SSSR count). The zero-order valence-electron chi connectivity index (χ0n) is 20.9. The summed E-state index contributed by atoms with van der Waals surface area (Å²) in [5.74, 6) is 0.0681. The topological polar surface area (TPSA) is 71.1 Å². The van der Waals surface area contributed by atoms with Gasteiger partial charge in [-0.25, -0.2) is 4.79 Å². The fourth-order valence-corrected chi connectivity index (χ4v) is 4.78. The molecule has 0 aliphatic carbocycles. The Kier molecular flexibility index (Phi) is 8.40. The average Bonchev–Trinajstić information content (AvgIpc) is 2.76. The lowest BCUT2D eigenvalue weighted by Gasteiger charge is -2.44. The van der Waals surface area contributed by atoms with E-state index in [1.165, 1.54) is 0 Å². The largest absolute Gasteiger partial charge is 0.444 e. The van der Waals surface area contributed by atoms with Gasteiger partial charge in [0, 0.05) is 51.4 Å². The van der Waals surface area contributed by atoms with Crippen LogP contribution >= 0.6 is 0 Å². The van der Waals surface area contributed by atoms with Crippen molar-refractivity contribution in [2.24, 2.45) is 0 Å². The number of ether oxygens (including phenoxy) is 2. The Balaban J connectivity index is 1.73. The van der Waals surface area contributed by atoms with E-state index in [4.69, 9.17) is 9.47 Å². The molecule has 0 aromatic heterocycles. The first kappa shape index (κ1) is 25.5. The molecular weight excluding hydrogens is 418 g/mol. The molecule has 7 nitrogen and oxygen atoms in total. The fraction of sp³-hybridized carbons (Fsp3) is 0.692. The summed E-state index contributed by atoms with van der Waals surface area (Å²) in [5, 5.41) is 3.77. The zero-order chi connectivity index (χ0) is 24.1. The van der Waals surface area contributed by atoms with Crippen LogP contribution in [0.15, 0.2) is 30.3 Å². The molecule has 0 radical (unpaired) electrons. The van der Waals surface area contributed by atoms with Crippen molar-refractivity contribution in [3.63, 3.8) is 0 Å². The quantitative estimate of drug-likeness (QED) is 0.692. The van der Waals surface area contributed by atoms with Crippen molar-refractivity contribution < 1.29 is 19.1 Å². The van der Waals surface area contributed by atoms with Crippen LogP contribution in [0.4, 0.5) is 4.79 Å². The van der Waals surface area contributed by atoms with Gasteiger partial charge in [-0.3, -0.25) is 4.79 Å². The summed E-state index contributed by atoms with van der Waals surface area (Å²) in [6, 6.07) is 10.3. The monoisotopic (exact) mass is 459 g/mol. The highest BCUT2D eigenvalue weighted by Gasteiger charge is 2.36. The summed E-state index contributed by atoms with van der Waals surface area (Å²) in [4.78, 5) is 29.3. The first-order chi connectivity index (χ1) is 15.6. The number of hydrogen-bond donors (Lipinski definition) is 1. The molecule has 33 heavy (non-hydrogen) atoms. The highest BCUT2D eigenvalue weighted by atomic mass is 16.6. The maximum atomic E-state index is 13.0. The van der Waals surface area contributed by atoms with Crippen molar-refractivity contribution in [3.8, 4) is 0 Å². The number of piperidine rings is 1. The van der Waals surface area contributed by atoms with Crippen LogP contribution in [-0.2, 0) is 14.3 Å². The van der Waals surface area contributed by atoms with Crippen LogP contribution in [0.3, 0.4) is 0 Å². The lowest BCUT2D eigenvalue weighted by Crippen LogP contribution is -2.54. The first-order valence-corrected chi connectivity index (χ1v) is 12.2. The summed E-state index contributed by atoms with van der Waals surface area (Å²) in [6.07, 6.45) is 3.13. The molecule has 0 bridgehead atoms.